The van der Waals surface area contributed by atoms with Crippen molar-refractivity contribution in [3.63, 3.8) is 0 Å². The van der Waals surface area contributed by atoms with Gasteiger partial charge in [-0.1, -0.05) is 11.3 Å². The predicted molar refractivity (Wildman–Crippen MR) is 87.9 cm³/mol. The van der Waals surface area contributed by atoms with Gasteiger partial charge in [0.1, 0.15) is 5.69 Å². The van der Waals surface area contributed by atoms with Crippen molar-refractivity contribution < 1.29 is 4.74 Å². The number of nitrogens with zero attached hydrogens (tertiary/aromatic N) is 4. The van der Waals surface area contributed by atoms with Crippen LogP contribution >= 0.6 is 11.3 Å². The molecule has 118 valence electrons. The minimum Gasteiger partial charge on any atom is -0.369 e. The SMILES string of the molecule is c1csc(CNC[C@H]2Cn3nnc(-c4ccncc4)c3CO2)c1. The number of thiophene rings is 1. The third kappa shape index (κ3) is 3.17. The molecule has 0 fully saturated rings. The molecule has 3 aromatic rings. The third-order valence-corrected chi connectivity index (χ3v) is 4.75. The van der Waals surface area contributed by atoms with E-state index in [9.17, 15) is 0 Å². The lowest BCUT2D eigenvalue weighted by molar-refractivity contribution is 0.00128. The molecule has 1 atom stereocenters. The summed E-state index contributed by atoms with van der Waals surface area (Å²) < 4.78 is 7.92. The van der Waals surface area contributed by atoms with Gasteiger partial charge in [-0.2, -0.15) is 0 Å². The number of ether oxygens (including phenoxy) is 1. The van der Waals surface area contributed by atoms with Crippen LogP contribution in [0.3, 0.4) is 0 Å². The van der Waals surface area contributed by atoms with Gasteiger partial charge in [-0.3, -0.25) is 4.98 Å². The Morgan fingerprint density at radius 3 is 3.04 bits per heavy atom. The number of hydrogen-bond acceptors (Lipinski definition) is 6. The van der Waals surface area contributed by atoms with Crippen LogP contribution < -0.4 is 5.32 Å². The molecule has 7 heteroatoms. The first-order valence-electron chi connectivity index (χ1n) is 7.57. The lowest BCUT2D eigenvalue weighted by Gasteiger charge is -2.24. The highest BCUT2D eigenvalue weighted by Crippen LogP contribution is 2.24. The van der Waals surface area contributed by atoms with Crippen molar-refractivity contribution in [1.29, 1.82) is 0 Å². The first-order valence-corrected chi connectivity index (χ1v) is 8.45. The second-order valence-electron chi connectivity index (χ2n) is 5.45. The molecule has 0 unspecified atom stereocenters. The minimum absolute atomic E-state index is 0.120. The summed E-state index contributed by atoms with van der Waals surface area (Å²) in [5, 5.41) is 14.1. The van der Waals surface area contributed by atoms with E-state index in [2.05, 4.69) is 38.1 Å². The maximum absolute atomic E-state index is 5.97. The maximum atomic E-state index is 5.97. The zero-order valence-corrected chi connectivity index (χ0v) is 13.4. The van der Waals surface area contributed by atoms with Crippen LogP contribution in [0.2, 0.25) is 0 Å². The Kier molecular flexibility index (Phi) is 4.14. The summed E-state index contributed by atoms with van der Waals surface area (Å²) in [6, 6.07) is 8.09. The summed E-state index contributed by atoms with van der Waals surface area (Å²) in [4.78, 5) is 5.38. The van der Waals surface area contributed by atoms with Gasteiger partial charge in [-0.15, -0.1) is 16.4 Å². The van der Waals surface area contributed by atoms with E-state index < -0.39 is 0 Å². The summed E-state index contributed by atoms with van der Waals surface area (Å²) in [6.45, 7) is 2.95. The Morgan fingerprint density at radius 1 is 1.30 bits per heavy atom. The first-order chi connectivity index (χ1) is 11.4. The third-order valence-electron chi connectivity index (χ3n) is 3.88. The molecular formula is C16H17N5OS. The van der Waals surface area contributed by atoms with Crippen LogP contribution in [-0.2, 0) is 24.4 Å². The largest absolute Gasteiger partial charge is 0.369 e. The van der Waals surface area contributed by atoms with Gasteiger partial charge in [0.25, 0.3) is 0 Å². The van der Waals surface area contributed by atoms with Crippen LogP contribution in [0.25, 0.3) is 11.3 Å². The van der Waals surface area contributed by atoms with Crippen LogP contribution in [0.5, 0.6) is 0 Å². The Bertz CT molecular complexity index is 756. The topological polar surface area (TPSA) is 64.9 Å². The zero-order valence-electron chi connectivity index (χ0n) is 12.6. The standard InChI is InChI=1S/C16H17N5OS/c1-2-14(23-7-1)9-18-8-13-10-21-15(11-22-13)16(19-20-21)12-3-5-17-6-4-12/h1-7,13,18H,8-11H2/t13-/m0/s1. The van der Waals surface area contributed by atoms with E-state index in [4.69, 9.17) is 4.74 Å². The van der Waals surface area contributed by atoms with E-state index in [-0.39, 0.29) is 6.10 Å². The van der Waals surface area contributed by atoms with Crippen molar-refractivity contribution in [1.82, 2.24) is 25.3 Å². The molecule has 0 amide bonds. The van der Waals surface area contributed by atoms with E-state index >= 15 is 0 Å². The monoisotopic (exact) mass is 327 g/mol. The quantitative estimate of drug-likeness (QED) is 0.777. The molecule has 4 rings (SSSR count). The van der Waals surface area contributed by atoms with Crippen molar-refractivity contribution in [2.75, 3.05) is 6.54 Å². The maximum Gasteiger partial charge on any atom is 0.118 e. The molecule has 4 heterocycles. The number of pyridine rings is 1. The number of fused-ring (bicyclic) bond motifs is 1. The van der Waals surface area contributed by atoms with Crippen molar-refractivity contribution in [2.45, 2.75) is 25.8 Å². The normalized spacial score (nSPS) is 17.1. The molecule has 0 saturated carbocycles. The molecule has 0 aromatic carbocycles. The molecule has 1 N–H and O–H groups in total. The van der Waals surface area contributed by atoms with Crippen LogP contribution in [0, 0.1) is 0 Å². The zero-order chi connectivity index (χ0) is 15.5. The summed E-state index contributed by atoms with van der Waals surface area (Å²) >= 11 is 1.76. The highest BCUT2D eigenvalue weighted by molar-refractivity contribution is 7.09. The summed E-state index contributed by atoms with van der Waals surface area (Å²) in [6.07, 6.45) is 3.65. The molecule has 0 radical (unpaired) electrons. The Labute approximate surface area is 138 Å². The molecule has 6 nitrogen and oxygen atoms in total. The van der Waals surface area contributed by atoms with Gasteiger partial charge in [-0.25, -0.2) is 4.68 Å². The number of rotatable bonds is 5. The average Bonchev–Trinajstić information content (AvgIpc) is 3.25. The van der Waals surface area contributed by atoms with Gasteiger partial charge >= 0.3 is 0 Å². The fraction of sp³-hybridized carbons (Fsp3) is 0.312. The number of nitrogens with one attached hydrogen (secondary N) is 1. The molecule has 1 aliphatic heterocycles. The Hall–Kier alpha value is -2.09. The summed E-state index contributed by atoms with van der Waals surface area (Å²) in [7, 11) is 0. The van der Waals surface area contributed by atoms with E-state index in [1.807, 2.05) is 16.8 Å². The second-order valence-corrected chi connectivity index (χ2v) is 6.48. The molecule has 1 aliphatic rings. The van der Waals surface area contributed by atoms with E-state index in [0.717, 1.165) is 36.6 Å². The van der Waals surface area contributed by atoms with Gasteiger partial charge < -0.3 is 10.1 Å². The van der Waals surface area contributed by atoms with Crippen molar-refractivity contribution in [3.05, 3.63) is 52.6 Å². The van der Waals surface area contributed by atoms with Gasteiger partial charge in [0.15, 0.2) is 0 Å². The lowest BCUT2D eigenvalue weighted by Crippen LogP contribution is -2.36. The molecule has 0 saturated heterocycles. The van der Waals surface area contributed by atoms with Crippen LogP contribution in [0.15, 0.2) is 42.0 Å². The summed E-state index contributed by atoms with van der Waals surface area (Å²) in [5.41, 5.74) is 2.95. The van der Waals surface area contributed by atoms with Gasteiger partial charge in [0, 0.05) is 35.9 Å². The Balaban J connectivity index is 1.39. The van der Waals surface area contributed by atoms with Crippen LogP contribution in [0.1, 0.15) is 10.6 Å². The molecule has 0 spiro atoms. The van der Waals surface area contributed by atoms with Crippen molar-refractivity contribution in [3.8, 4) is 11.3 Å². The Morgan fingerprint density at radius 2 is 2.22 bits per heavy atom. The second kappa shape index (κ2) is 6.57. The van der Waals surface area contributed by atoms with Gasteiger partial charge in [0.05, 0.1) is 24.9 Å². The molecule has 0 aliphatic carbocycles. The first kappa shape index (κ1) is 14.5. The molecule has 3 aromatic heterocycles. The van der Waals surface area contributed by atoms with Crippen LogP contribution in [0.4, 0.5) is 0 Å². The van der Waals surface area contributed by atoms with E-state index in [1.54, 1.807) is 23.7 Å². The van der Waals surface area contributed by atoms with Crippen molar-refractivity contribution in [2.24, 2.45) is 0 Å². The highest BCUT2D eigenvalue weighted by Gasteiger charge is 2.24. The van der Waals surface area contributed by atoms with E-state index in [1.165, 1.54) is 4.88 Å². The van der Waals surface area contributed by atoms with Gasteiger partial charge in [-0.05, 0) is 23.6 Å². The average molecular weight is 327 g/mol. The minimum atomic E-state index is 0.120. The lowest BCUT2D eigenvalue weighted by atomic mass is 10.1. The van der Waals surface area contributed by atoms with E-state index in [0.29, 0.717) is 6.61 Å². The smallest absolute Gasteiger partial charge is 0.118 e. The molecule has 23 heavy (non-hydrogen) atoms. The summed E-state index contributed by atoms with van der Waals surface area (Å²) in [5.74, 6) is 0. The molecule has 0 bridgehead atoms. The molecular weight excluding hydrogens is 310 g/mol. The highest BCUT2D eigenvalue weighted by atomic mass is 32.1. The number of hydrogen-bond donors (Lipinski definition) is 1. The van der Waals surface area contributed by atoms with Crippen LogP contribution in [-0.4, -0.2) is 32.6 Å². The fourth-order valence-electron chi connectivity index (χ4n) is 2.69. The van der Waals surface area contributed by atoms with Gasteiger partial charge in [0.2, 0.25) is 0 Å². The van der Waals surface area contributed by atoms with Crippen molar-refractivity contribution >= 4 is 11.3 Å². The fourth-order valence-corrected chi connectivity index (χ4v) is 3.37. The predicted octanol–water partition coefficient (Wildman–Crippen LogP) is 2.09. The number of aromatic nitrogens is 4.